The molecule has 1 amide bonds. The van der Waals surface area contributed by atoms with E-state index in [2.05, 4.69) is 38.2 Å². The fraction of sp³-hybridized carbons (Fsp3) is 0.143. The molecule has 0 bridgehead atoms. The molecule has 8 heteroatoms. The lowest BCUT2D eigenvalue weighted by Crippen LogP contribution is -2.26. The Morgan fingerprint density at radius 2 is 1.86 bits per heavy atom. The van der Waals surface area contributed by atoms with Gasteiger partial charge in [0.1, 0.15) is 0 Å². The van der Waals surface area contributed by atoms with Crippen LogP contribution in [0.5, 0.6) is 0 Å². The van der Waals surface area contributed by atoms with Crippen LogP contribution in [0, 0.1) is 11.8 Å². The first kappa shape index (κ1) is 20.7. The zero-order valence-electron chi connectivity index (χ0n) is 15.2. The van der Waals surface area contributed by atoms with E-state index >= 15 is 0 Å². The molecule has 0 radical (unpaired) electrons. The standard InChI is InChI=1S/C21H15BrF3N3O/c1-28-13-18(19(27-28)21(23,24)25)20(29)26-12-4-6-14-5-2-3-7-17(14)15-8-10-16(22)11-9-15/h2-3,5,7-11,13H,12H2,1H3,(H,26,29). The molecule has 3 rings (SSSR count). The number of halogens is 4. The molecule has 4 nitrogen and oxygen atoms in total. The molecule has 29 heavy (non-hydrogen) atoms. The number of benzene rings is 2. The molecule has 0 unspecified atom stereocenters. The fourth-order valence-electron chi connectivity index (χ4n) is 2.70. The lowest BCUT2D eigenvalue weighted by atomic mass is 10.0. The van der Waals surface area contributed by atoms with Crippen LogP contribution in [0.25, 0.3) is 11.1 Å². The molecule has 0 fully saturated rings. The van der Waals surface area contributed by atoms with E-state index < -0.39 is 23.3 Å². The van der Waals surface area contributed by atoms with Gasteiger partial charge in [-0.05, 0) is 29.3 Å². The first-order valence-corrected chi connectivity index (χ1v) is 9.28. The third kappa shape index (κ3) is 5.06. The van der Waals surface area contributed by atoms with Gasteiger partial charge in [0.25, 0.3) is 5.91 Å². The second-order valence-electron chi connectivity index (χ2n) is 6.10. The van der Waals surface area contributed by atoms with E-state index in [-0.39, 0.29) is 6.54 Å². The largest absolute Gasteiger partial charge is 0.435 e. The van der Waals surface area contributed by atoms with Crippen LogP contribution in [0.4, 0.5) is 13.2 Å². The Balaban J connectivity index is 1.74. The molecular weight excluding hydrogens is 447 g/mol. The number of amides is 1. The van der Waals surface area contributed by atoms with Gasteiger partial charge in [-0.1, -0.05) is 58.1 Å². The predicted molar refractivity (Wildman–Crippen MR) is 107 cm³/mol. The minimum absolute atomic E-state index is 0.0975. The normalized spacial score (nSPS) is 10.9. The van der Waals surface area contributed by atoms with Crippen molar-refractivity contribution in [2.45, 2.75) is 6.18 Å². The van der Waals surface area contributed by atoms with Crippen molar-refractivity contribution >= 4 is 21.8 Å². The zero-order chi connectivity index (χ0) is 21.0. The number of alkyl halides is 3. The van der Waals surface area contributed by atoms with Crippen LogP contribution in [-0.4, -0.2) is 22.2 Å². The molecule has 1 heterocycles. The third-order valence-electron chi connectivity index (χ3n) is 3.98. The second kappa shape index (κ2) is 8.53. The van der Waals surface area contributed by atoms with Crippen LogP contribution in [0.1, 0.15) is 21.6 Å². The Hall–Kier alpha value is -3.05. The van der Waals surface area contributed by atoms with Crippen molar-refractivity contribution in [3.05, 3.63) is 76.0 Å². The van der Waals surface area contributed by atoms with Crippen LogP contribution in [0.15, 0.2) is 59.2 Å². The zero-order valence-corrected chi connectivity index (χ0v) is 16.8. The molecular formula is C21H15BrF3N3O. The van der Waals surface area contributed by atoms with E-state index in [0.29, 0.717) is 0 Å². The molecule has 148 valence electrons. The summed E-state index contributed by atoms with van der Waals surface area (Å²) in [5, 5.41) is 5.71. The molecule has 0 saturated heterocycles. The number of aromatic nitrogens is 2. The average Bonchev–Trinajstić information content (AvgIpc) is 3.08. The lowest BCUT2D eigenvalue weighted by molar-refractivity contribution is -0.141. The van der Waals surface area contributed by atoms with E-state index in [1.807, 2.05) is 48.5 Å². The van der Waals surface area contributed by atoms with Crippen molar-refractivity contribution < 1.29 is 18.0 Å². The monoisotopic (exact) mass is 461 g/mol. The fourth-order valence-corrected chi connectivity index (χ4v) is 2.96. The molecule has 2 aromatic carbocycles. The SMILES string of the molecule is Cn1cc(C(=O)NCC#Cc2ccccc2-c2ccc(Br)cc2)c(C(F)(F)F)n1. The summed E-state index contributed by atoms with van der Waals surface area (Å²) < 4.78 is 40.8. The summed E-state index contributed by atoms with van der Waals surface area (Å²) in [5.74, 6) is 4.88. The molecule has 0 saturated carbocycles. The molecule has 0 spiro atoms. The topological polar surface area (TPSA) is 46.9 Å². The molecule has 0 atom stereocenters. The average molecular weight is 462 g/mol. The molecule has 1 N–H and O–H groups in total. The Morgan fingerprint density at radius 1 is 1.17 bits per heavy atom. The highest BCUT2D eigenvalue weighted by Gasteiger charge is 2.38. The van der Waals surface area contributed by atoms with Crippen molar-refractivity contribution in [3.63, 3.8) is 0 Å². The highest BCUT2D eigenvalue weighted by Crippen LogP contribution is 2.30. The van der Waals surface area contributed by atoms with E-state index in [1.54, 1.807) is 0 Å². The Bertz CT molecular complexity index is 1090. The Kier molecular flexibility index (Phi) is 6.09. The van der Waals surface area contributed by atoms with E-state index in [0.717, 1.165) is 32.0 Å². The van der Waals surface area contributed by atoms with Crippen LogP contribution >= 0.6 is 15.9 Å². The van der Waals surface area contributed by atoms with Gasteiger partial charge in [-0.3, -0.25) is 9.48 Å². The first-order valence-electron chi connectivity index (χ1n) is 8.48. The molecule has 0 aliphatic heterocycles. The number of hydrogen-bond acceptors (Lipinski definition) is 2. The van der Waals surface area contributed by atoms with Crippen LogP contribution in [-0.2, 0) is 13.2 Å². The van der Waals surface area contributed by atoms with Crippen molar-refractivity contribution in [3.8, 4) is 23.0 Å². The summed E-state index contributed by atoms with van der Waals surface area (Å²) >= 11 is 3.39. The number of rotatable bonds is 3. The summed E-state index contributed by atoms with van der Waals surface area (Å²) in [6.45, 7) is -0.0975. The van der Waals surface area contributed by atoms with E-state index in [1.165, 1.54) is 7.05 Å². The van der Waals surface area contributed by atoms with Crippen molar-refractivity contribution in [1.82, 2.24) is 15.1 Å². The number of hydrogen-bond donors (Lipinski definition) is 1. The van der Waals surface area contributed by atoms with Crippen LogP contribution < -0.4 is 5.32 Å². The van der Waals surface area contributed by atoms with Gasteiger partial charge in [0.2, 0.25) is 0 Å². The number of carbonyl (C=O) groups is 1. The second-order valence-corrected chi connectivity index (χ2v) is 7.02. The van der Waals surface area contributed by atoms with Gasteiger partial charge >= 0.3 is 6.18 Å². The highest BCUT2D eigenvalue weighted by molar-refractivity contribution is 9.10. The number of nitrogens with one attached hydrogen (secondary N) is 1. The van der Waals surface area contributed by atoms with Crippen molar-refractivity contribution in [2.24, 2.45) is 7.05 Å². The molecule has 1 aromatic heterocycles. The highest BCUT2D eigenvalue weighted by atomic mass is 79.9. The Morgan fingerprint density at radius 3 is 2.55 bits per heavy atom. The van der Waals surface area contributed by atoms with Gasteiger partial charge in [-0.25, -0.2) is 0 Å². The van der Waals surface area contributed by atoms with E-state index in [9.17, 15) is 18.0 Å². The molecule has 3 aromatic rings. The minimum Gasteiger partial charge on any atom is -0.341 e. The van der Waals surface area contributed by atoms with Crippen LogP contribution in [0.3, 0.4) is 0 Å². The van der Waals surface area contributed by atoms with Crippen LogP contribution in [0.2, 0.25) is 0 Å². The summed E-state index contributed by atoms with van der Waals surface area (Å²) in [7, 11) is 1.32. The number of nitrogens with zero attached hydrogens (tertiary/aromatic N) is 2. The van der Waals surface area contributed by atoms with Gasteiger partial charge in [-0.2, -0.15) is 18.3 Å². The summed E-state index contributed by atoms with van der Waals surface area (Å²) in [5.41, 5.74) is 0.905. The summed E-state index contributed by atoms with van der Waals surface area (Å²) in [6.07, 6.45) is -3.67. The minimum atomic E-state index is -4.71. The lowest BCUT2D eigenvalue weighted by Gasteiger charge is -2.06. The maximum atomic E-state index is 13.0. The molecule has 0 aliphatic rings. The Labute approximate surface area is 173 Å². The van der Waals surface area contributed by atoms with Gasteiger partial charge in [0, 0.05) is 23.3 Å². The maximum absolute atomic E-state index is 13.0. The quantitative estimate of drug-likeness (QED) is 0.577. The van der Waals surface area contributed by atoms with Crippen molar-refractivity contribution in [1.29, 1.82) is 0 Å². The summed E-state index contributed by atoms with van der Waals surface area (Å²) in [6, 6.07) is 15.3. The van der Waals surface area contributed by atoms with E-state index in [4.69, 9.17) is 0 Å². The number of aryl methyl sites for hydroxylation is 1. The first-order chi connectivity index (χ1) is 13.8. The van der Waals surface area contributed by atoms with Crippen molar-refractivity contribution in [2.75, 3.05) is 6.54 Å². The van der Waals surface area contributed by atoms with Gasteiger partial charge < -0.3 is 5.32 Å². The molecule has 0 aliphatic carbocycles. The predicted octanol–water partition coefficient (Wildman–Crippen LogP) is 4.65. The maximum Gasteiger partial charge on any atom is 0.435 e. The smallest absolute Gasteiger partial charge is 0.341 e. The van der Waals surface area contributed by atoms with Gasteiger partial charge in [-0.15, -0.1) is 0 Å². The number of carbonyl (C=O) groups excluding carboxylic acids is 1. The third-order valence-corrected chi connectivity index (χ3v) is 4.51. The summed E-state index contributed by atoms with van der Waals surface area (Å²) in [4.78, 5) is 12.1. The van der Waals surface area contributed by atoms with Gasteiger partial charge in [0.15, 0.2) is 5.69 Å². The van der Waals surface area contributed by atoms with Gasteiger partial charge in [0.05, 0.1) is 12.1 Å².